The molecule has 0 bridgehead atoms. The molecule has 2 rings (SSSR count). The van der Waals surface area contributed by atoms with E-state index in [0.29, 0.717) is 11.5 Å². The lowest BCUT2D eigenvalue weighted by molar-refractivity contribution is 0.871. The molecule has 2 N–H and O–H groups in total. The van der Waals surface area contributed by atoms with Gasteiger partial charge in [-0.15, -0.1) is 0 Å². The summed E-state index contributed by atoms with van der Waals surface area (Å²) >= 11 is 23.1. The summed E-state index contributed by atoms with van der Waals surface area (Å²) in [7, 11) is 0. The van der Waals surface area contributed by atoms with Crippen molar-refractivity contribution in [3.63, 3.8) is 0 Å². The van der Waals surface area contributed by atoms with E-state index in [9.17, 15) is 0 Å². The Bertz CT molecular complexity index is 615. The molecule has 1 heterocycles. The van der Waals surface area contributed by atoms with Crippen molar-refractivity contribution >= 4 is 64.2 Å². The van der Waals surface area contributed by atoms with Crippen molar-refractivity contribution < 1.29 is 0 Å². The van der Waals surface area contributed by atoms with Gasteiger partial charge in [0, 0.05) is 5.69 Å². The average molecular weight is 364 g/mol. The van der Waals surface area contributed by atoms with Crippen molar-refractivity contribution in [3.05, 3.63) is 47.3 Å². The van der Waals surface area contributed by atoms with Crippen LogP contribution in [0.1, 0.15) is 32.7 Å². The van der Waals surface area contributed by atoms with Crippen LogP contribution in [0, 0.1) is 0 Å². The van der Waals surface area contributed by atoms with Crippen LogP contribution >= 0.6 is 46.4 Å². The summed E-state index contributed by atoms with van der Waals surface area (Å²) < 4.78 is 0. The molecular weight excluding hydrogens is 354 g/mol. The van der Waals surface area contributed by atoms with Gasteiger partial charge in [-0.2, -0.15) is 0 Å². The van der Waals surface area contributed by atoms with Crippen LogP contribution in [0.15, 0.2) is 24.3 Å². The van der Waals surface area contributed by atoms with E-state index in [0.717, 1.165) is 5.56 Å². The van der Waals surface area contributed by atoms with E-state index in [1.165, 1.54) is 0 Å². The molecule has 110 valence electrons. The maximum atomic E-state index is 5.77. The number of nitrogens with zero attached hydrogens (tertiary/aromatic N) is 3. The molecule has 0 saturated heterocycles. The summed E-state index contributed by atoms with van der Waals surface area (Å²) in [4.78, 5) is 10.5. The molecule has 0 aliphatic rings. The summed E-state index contributed by atoms with van der Waals surface area (Å²) in [5.74, 6) is 0.766. The molecule has 0 aliphatic heterocycles. The van der Waals surface area contributed by atoms with Gasteiger partial charge in [-0.05, 0) is 23.8 Å². The molecule has 0 unspecified atom stereocenters. The minimum atomic E-state index is -0.887. The van der Waals surface area contributed by atoms with E-state index < -0.39 is 9.67 Å². The molecule has 0 spiro atoms. The third kappa shape index (κ3) is 4.71. The fraction of sp³-hybridized carbons (Fsp3) is 0.154. The molecule has 0 saturated carbocycles. The molecule has 0 amide bonds. The molecular formula is C13H10Cl4N4. The Morgan fingerprint density at radius 2 is 1.33 bits per heavy atom. The van der Waals surface area contributed by atoms with Crippen molar-refractivity contribution in [2.45, 2.75) is 9.67 Å². The van der Waals surface area contributed by atoms with Gasteiger partial charge in [0.2, 0.25) is 0 Å². The topological polar surface area (TPSA) is 64.7 Å². The number of hydrogen-bond donors (Lipinski definition) is 1. The standard InChI is InChI=1S/C13H10Cl4N4/c14-10(15)12-19-9(20-13(21-12)11(16)17)6-3-7-1-4-8(18)5-2-7/h1-6,10-11H,18H2. The lowest BCUT2D eigenvalue weighted by Crippen LogP contribution is -2.05. The maximum Gasteiger partial charge on any atom is 0.167 e. The molecule has 2 aromatic rings. The normalized spacial score (nSPS) is 11.7. The predicted molar refractivity (Wildman–Crippen MR) is 88.5 cm³/mol. The third-order valence-corrected chi connectivity index (χ3v) is 3.22. The second-order valence-corrected chi connectivity index (χ2v) is 6.20. The SMILES string of the molecule is Nc1ccc(C=Cc2nc(C(Cl)Cl)nc(C(Cl)Cl)n2)cc1. The third-order valence-electron chi connectivity index (χ3n) is 2.44. The van der Waals surface area contributed by atoms with Crippen molar-refractivity contribution in [1.82, 2.24) is 15.0 Å². The number of rotatable bonds is 4. The number of hydrogen-bond acceptors (Lipinski definition) is 4. The fourth-order valence-electron chi connectivity index (χ4n) is 1.47. The van der Waals surface area contributed by atoms with Crippen LogP contribution in [0.25, 0.3) is 12.2 Å². The summed E-state index contributed by atoms with van der Waals surface area (Å²) in [5.41, 5.74) is 7.25. The first-order valence-electron chi connectivity index (χ1n) is 5.81. The van der Waals surface area contributed by atoms with Gasteiger partial charge in [0.25, 0.3) is 0 Å². The summed E-state index contributed by atoms with van der Waals surface area (Å²) in [6, 6.07) is 7.33. The van der Waals surface area contributed by atoms with Crippen molar-refractivity contribution in [2.75, 3.05) is 5.73 Å². The minimum Gasteiger partial charge on any atom is -0.399 e. The Morgan fingerprint density at radius 3 is 1.81 bits per heavy atom. The second kappa shape index (κ2) is 7.27. The smallest absolute Gasteiger partial charge is 0.167 e. The maximum absolute atomic E-state index is 5.77. The van der Waals surface area contributed by atoms with Gasteiger partial charge >= 0.3 is 0 Å². The molecule has 0 atom stereocenters. The van der Waals surface area contributed by atoms with Crippen LogP contribution in [0.4, 0.5) is 5.69 Å². The van der Waals surface area contributed by atoms with Gasteiger partial charge in [0.05, 0.1) is 0 Å². The van der Waals surface area contributed by atoms with Crippen LogP contribution in [0.3, 0.4) is 0 Å². The van der Waals surface area contributed by atoms with Gasteiger partial charge in [-0.25, -0.2) is 15.0 Å². The number of anilines is 1. The van der Waals surface area contributed by atoms with E-state index in [1.807, 2.05) is 18.2 Å². The summed E-state index contributed by atoms with van der Waals surface area (Å²) in [6.45, 7) is 0. The first-order valence-corrected chi connectivity index (χ1v) is 7.56. The van der Waals surface area contributed by atoms with Crippen LogP contribution in [0.5, 0.6) is 0 Å². The van der Waals surface area contributed by atoms with E-state index in [1.54, 1.807) is 18.2 Å². The zero-order valence-corrected chi connectivity index (χ0v) is 13.6. The van der Waals surface area contributed by atoms with Crippen molar-refractivity contribution in [3.8, 4) is 0 Å². The zero-order chi connectivity index (χ0) is 15.4. The Morgan fingerprint density at radius 1 is 0.810 bits per heavy atom. The first-order chi connectivity index (χ1) is 9.95. The molecule has 0 fully saturated rings. The van der Waals surface area contributed by atoms with E-state index in [-0.39, 0.29) is 11.6 Å². The molecule has 1 aromatic heterocycles. The molecule has 0 radical (unpaired) electrons. The lowest BCUT2D eigenvalue weighted by atomic mass is 10.2. The van der Waals surface area contributed by atoms with Gasteiger partial charge in [-0.3, -0.25) is 0 Å². The number of benzene rings is 1. The summed E-state index contributed by atoms with van der Waals surface area (Å²) in [5, 5.41) is 0. The van der Waals surface area contributed by atoms with Gasteiger partial charge < -0.3 is 5.73 Å². The quantitative estimate of drug-likeness (QED) is 0.637. The largest absolute Gasteiger partial charge is 0.399 e. The highest BCUT2D eigenvalue weighted by atomic mass is 35.5. The molecule has 0 aliphatic carbocycles. The Hall–Kier alpha value is -1.07. The zero-order valence-electron chi connectivity index (χ0n) is 10.5. The highest BCUT2D eigenvalue weighted by Gasteiger charge is 2.15. The van der Waals surface area contributed by atoms with Crippen LogP contribution in [0.2, 0.25) is 0 Å². The molecule has 21 heavy (non-hydrogen) atoms. The van der Waals surface area contributed by atoms with Crippen LogP contribution in [-0.4, -0.2) is 15.0 Å². The van der Waals surface area contributed by atoms with E-state index >= 15 is 0 Å². The number of aromatic nitrogens is 3. The lowest BCUT2D eigenvalue weighted by Gasteiger charge is -2.05. The van der Waals surface area contributed by atoms with E-state index in [4.69, 9.17) is 52.1 Å². The Kier molecular flexibility index (Phi) is 5.65. The Labute approximate surface area is 141 Å². The predicted octanol–water partition coefficient (Wildman–Crippen LogP) is 4.58. The monoisotopic (exact) mass is 362 g/mol. The van der Waals surface area contributed by atoms with Crippen LogP contribution in [-0.2, 0) is 0 Å². The first kappa shape index (κ1) is 16.3. The molecule has 4 nitrogen and oxygen atoms in total. The highest BCUT2D eigenvalue weighted by Crippen LogP contribution is 2.26. The fourth-order valence-corrected chi connectivity index (χ4v) is 1.87. The number of nitrogen functional groups attached to an aromatic ring is 1. The molecule has 1 aromatic carbocycles. The van der Waals surface area contributed by atoms with Crippen molar-refractivity contribution in [1.29, 1.82) is 0 Å². The number of alkyl halides is 4. The average Bonchev–Trinajstić information content (AvgIpc) is 2.46. The number of nitrogens with two attached hydrogens (primary N) is 1. The Balaban J connectivity index is 2.32. The molecule has 8 heteroatoms. The van der Waals surface area contributed by atoms with Gasteiger partial charge in [0.1, 0.15) is 0 Å². The van der Waals surface area contributed by atoms with Gasteiger partial charge in [-0.1, -0.05) is 64.6 Å². The summed E-state index contributed by atoms with van der Waals surface area (Å²) in [6.07, 6.45) is 3.50. The number of halogens is 4. The van der Waals surface area contributed by atoms with E-state index in [2.05, 4.69) is 15.0 Å². The minimum absolute atomic E-state index is 0.201. The van der Waals surface area contributed by atoms with Crippen LogP contribution < -0.4 is 5.73 Å². The van der Waals surface area contributed by atoms with Gasteiger partial charge in [0.15, 0.2) is 27.1 Å². The van der Waals surface area contributed by atoms with Crippen molar-refractivity contribution in [2.24, 2.45) is 0 Å². The highest BCUT2D eigenvalue weighted by molar-refractivity contribution is 6.44. The second-order valence-electron chi connectivity index (χ2n) is 4.01.